The van der Waals surface area contributed by atoms with Gasteiger partial charge in [0.2, 0.25) is 5.91 Å². The Labute approximate surface area is 109 Å². The molecule has 0 unspecified atom stereocenters. The van der Waals surface area contributed by atoms with Gasteiger partial charge in [-0.25, -0.2) is 0 Å². The Morgan fingerprint density at radius 2 is 1.39 bits per heavy atom. The van der Waals surface area contributed by atoms with Crippen LogP contribution in [0.3, 0.4) is 0 Å². The predicted molar refractivity (Wildman–Crippen MR) is 70.8 cm³/mol. The van der Waals surface area contributed by atoms with E-state index in [9.17, 15) is 4.79 Å². The maximum absolute atomic E-state index is 12.1. The van der Waals surface area contributed by atoms with Crippen molar-refractivity contribution in [1.29, 1.82) is 0 Å². The molecule has 0 aromatic rings. The largest absolute Gasteiger partial charge is 0.292 e. The van der Waals surface area contributed by atoms with Gasteiger partial charge in [-0.3, -0.25) is 4.79 Å². The van der Waals surface area contributed by atoms with Crippen molar-refractivity contribution in [1.82, 2.24) is 0 Å². The number of amides is 1. The fourth-order valence-electron chi connectivity index (χ4n) is 3.89. The number of carbonyl (C=O) groups is 1. The molecule has 1 amide bonds. The molecule has 0 bridgehead atoms. The number of azide groups is 1. The first-order chi connectivity index (χ1) is 8.83. The van der Waals surface area contributed by atoms with Crippen molar-refractivity contribution in [3.05, 3.63) is 10.4 Å². The highest BCUT2D eigenvalue weighted by Gasteiger charge is 2.35. The summed E-state index contributed by atoms with van der Waals surface area (Å²) in [4.78, 5) is 14.8. The van der Waals surface area contributed by atoms with Crippen LogP contribution >= 0.6 is 0 Å². The smallest absolute Gasteiger partial charge is 0.222 e. The van der Waals surface area contributed by atoms with Gasteiger partial charge in [0.05, 0.1) is 0 Å². The highest BCUT2D eigenvalue weighted by molar-refractivity contribution is 5.80. The predicted octanol–water partition coefficient (Wildman–Crippen LogP) is 4.60. The summed E-state index contributed by atoms with van der Waals surface area (Å²) >= 11 is 0. The molecule has 2 aliphatic rings. The van der Waals surface area contributed by atoms with E-state index in [0.29, 0.717) is 11.8 Å². The molecule has 0 radical (unpaired) electrons. The molecule has 0 aromatic heterocycles. The van der Waals surface area contributed by atoms with Crippen LogP contribution in [-0.2, 0) is 4.79 Å². The van der Waals surface area contributed by atoms with Gasteiger partial charge in [0.25, 0.3) is 0 Å². The average Bonchev–Trinajstić information content (AvgIpc) is 2.42. The van der Waals surface area contributed by atoms with Gasteiger partial charge in [-0.05, 0) is 48.2 Å². The molecule has 0 atom stereocenters. The van der Waals surface area contributed by atoms with E-state index >= 15 is 0 Å². The fourth-order valence-corrected chi connectivity index (χ4v) is 3.89. The first-order valence-corrected chi connectivity index (χ1v) is 7.42. The number of hydrogen-bond acceptors (Lipinski definition) is 1. The van der Waals surface area contributed by atoms with E-state index in [1.807, 2.05) is 0 Å². The first kappa shape index (κ1) is 13.4. The van der Waals surface area contributed by atoms with Crippen molar-refractivity contribution >= 4 is 5.91 Å². The molecule has 2 fully saturated rings. The third-order valence-electron chi connectivity index (χ3n) is 4.74. The summed E-state index contributed by atoms with van der Waals surface area (Å²) in [6.45, 7) is 0. The maximum Gasteiger partial charge on any atom is 0.222 e. The van der Waals surface area contributed by atoms with Gasteiger partial charge in [0.15, 0.2) is 0 Å². The van der Waals surface area contributed by atoms with Gasteiger partial charge in [-0.15, -0.1) is 0 Å². The second-order valence-corrected chi connectivity index (χ2v) is 5.85. The lowest BCUT2D eigenvalue weighted by molar-refractivity contribution is -0.126. The molecule has 4 nitrogen and oxygen atoms in total. The van der Waals surface area contributed by atoms with E-state index in [0.717, 1.165) is 25.7 Å². The summed E-state index contributed by atoms with van der Waals surface area (Å²) in [7, 11) is 0. The molecule has 4 heteroatoms. The molecule has 0 spiro atoms. The molecule has 2 rings (SSSR count). The van der Waals surface area contributed by atoms with Crippen LogP contribution in [0.2, 0.25) is 0 Å². The zero-order chi connectivity index (χ0) is 12.8. The van der Waals surface area contributed by atoms with Gasteiger partial charge < -0.3 is 0 Å². The Bertz CT molecular complexity index is 306. The van der Waals surface area contributed by atoms with Crippen molar-refractivity contribution < 1.29 is 4.79 Å². The number of rotatable bonds is 3. The quantitative estimate of drug-likeness (QED) is 0.409. The SMILES string of the molecule is [N-]=[N+]=NC(=O)C(C1CCCCC1)C1CCCCC1. The van der Waals surface area contributed by atoms with Crippen molar-refractivity contribution in [2.24, 2.45) is 22.9 Å². The second kappa shape index (κ2) is 6.79. The topological polar surface area (TPSA) is 65.8 Å². The molecular weight excluding hydrogens is 226 g/mol. The average molecular weight is 249 g/mol. The minimum absolute atomic E-state index is 0.0153. The Morgan fingerprint density at radius 1 is 0.944 bits per heavy atom. The summed E-state index contributed by atoms with van der Waals surface area (Å²) < 4.78 is 0. The standard InChI is InChI=1S/C14H23N3O/c15-17-16-14(18)13(11-7-3-1-4-8-11)12-9-5-2-6-10-12/h11-13H,1-10H2. The molecule has 2 saturated carbocycles. The molecule has 100 valence electrons. The summed E-state index contributed by atoms with van der Waals surface area (Å²) in [5.41, 5.74) is 8.52. The van der Waals surface area contributed by atoms with E-state index in [-0.39, 0.29) is 11.8 Å². The van der Waals surface area contributed by atoms with E-state index in [4.69, 9.17) is 5.53 Å². The molecule has 18 heavy (non-hydrogen) atoms. The minimum atomic E-state index is -0.184. The number of hydrogen-bond donors (Lipinski definition) is 0. The fraction of sp³-hybridized carbons (Fsp3) is 0.929. The third kappa shape index (κ3) is 3.26. The molecule has 2 aliphatic carbocycles. The van der Waals surface area contributed by atoms with Crippen molar-refractivity contribution in [3.63, 3.8) is 0 Å². The Balaban J connectivity index is 2.09. The molecule has 0 aromatic carbocycles. The van der Waals surface area contributed by atoms with Gasteiger partial charge in [-0.1, -0.05) is 38.5 Å². The Kier molecular flexibility index (Phi) is 5.06. The van der Waals surface area contributed by atoms with Crippen LogP contribution in [-0.4, -0.2) is 5.91 Å². The summed E-state index contributed by atoms with van der Waals surface area (Å²) in [5, 5.41) is 3.42. The lowest BCUT2D eigenvalue weighted by Gasteiger charge is -2.35. The van der Waals surface area contributed by atoms with E-state index in [1.54, 1.807) is 0 Å². The molecular formula is C14H23N3O. The highest BCUT2D eigenvalue weighted by atomic mass is 16.1. The first-order valence-electron chi connectivity index (χ1n) is 7.42. The summed E-state index contributed by atoms with van der Waals surface area (Å²) in [6, 6.07) is 0. The van der Waals surface area contributed by atoms with Crippen molar-refractivity contribution in [2.45, 2.75) is 64.2 Å². The van der Waals surface area contributed by atoms with Gasteiger partial charge in [0.1, 0.15) is 0 Å². The lowest BCUT2D eigenvalue weighted by Crippen LogP contribution is -2.32. The van der Waals surface area contributed by atoms with Crippen LogP contribution in [0.25, 0.3) is 10.4 Å². The zero-order valence-electron chi connectivity index (χ0n) is 11.1. The van der Waals surface area contributed by atoms with Crippen LogP contribution in [0.1, 0.15) is 64.2 Å². The number of carbonyl (C=O) groups excluding carboxylic acids is 1. The third-order valence-corrected chi connectivity index (χ3v) is 4.74. The van der Waals surface area contributed by atoms with Crippen molar-refractivity contribution in [3.8, 4) is 0 Å². The molecule has 0 saturated heterocycles. The van der Waals surface area contributed by atoms with Crippen LogP contribution in [0.15, 0.2) is 5.11 Å². The Hall–Kier alpha value is -1.02. The lowest BCUT2D eigenvalue weighted by atomic mass is 9.69. The minimum Gasteiger partial charge on any atom is -0.292 e. The maximum atomic E-state index is 12.1. The van der Waals surface area contributed by atoms with Crippen LogP contribution in [0, 0.1) is 17.8 Å². The highest BCUT2D eigenvalue weighted by Crippen LogP contribution is 2.40. The van der Waals surface area contributed by atoms with Crippen molar-refractivity contribution in [2.75, 3.05) is 0 Å². The van der Waals surface area contributed by atoms with E-state index in [1.165, 1.54) is 38.5 Å². The Morgan fingerprint density at radius 3 is 1.78 bits per heavy atom. The summed E-state index contributed by atoms with van der Waals surface area (Å²) in [5.74, 6) is 0.775. The number of nitrogens with zero attached hydrogens (tertiary/aromatic N) is 3. The zero-order valence-corrected chi connectivity index (χ0v) is 11.1. The molecule has 0 N–H and O–H groups in total. The van der Waals surface area contributed by atoms with E-state index < -0.39 is 0 Å². The van der Waals surface area contributed by atoms with E-state index in [2.05, 4.69) is 10.0 Å². The molecule has 0 aliphatic heterocycles. The van der Waals surface area contributed by atoms with Crippen LogP contribution < -0.4 is 0 Å². The van der Waals surface area contributed by atoms with Gasteiger partial charge in [0, 0.05) is 10.8 Å². The normalized spacial score (nSPS) is 22.7. The second-order valence-electron chi connectivity index (χ2n) is 5.85. The van der Waals surface area contributed by atoms with Gasteiger partial charge >= 0.3 is 0 Å². The molecule has 0 heterocycles. The van der Waals surface area contributed by atoms with Crippen LogP contribution in [0.5, 0.6) is 0 Å². The summed E-state index contributed by atoms with van der Waals surface area (Å²) in [6.07, 6.45) is 12.1. The van der Waals surface area contributed by atoms with Crippen LogP contribution in [0.4, 0.5) is 0 Å². The monoisotopic (exact) mass is 249 g/mol. The van der Waals surface area contributed by atoms with Gasteiger partial charge in [-0.2, -0.15) is 0 Å².